The summed E-state index contributed by atoms with van der Waals surface area (Å²) in [6.07, 6.45) is 1.53. The van der Waals surface area contributed by atoms with Gasteiger partial charge in [0.1, 0.15) is 24.7 Å². The summed E-state index contributed by atoms with van der Waals surface area (Å²) in [6.45, 7) is 4.69. The zero-order valence-electron chi connectivity index (χ0n) is 23.8. The second kappa shape index (κ2) is 13.8. The number of aromatic nitrogens is 1. The van der Waals surface area contributed by atoms with Crippen LogP contribution in [0.25, 0.3) is 5.69 Å². The Balaban J connectivity index is 1.14. The summed E-state index contributed by atoms with van der Waals surface area (Å²) in [4.78, 5) is 12.6. The van der Waals surface area contributed by atoms with Crippen LogP contribution in [0.1, 0.15) is 38.8 Å². The van der Waals surface area contributed by atoms with E-state index in [-0.39, 0.29) is 12.4 Å². The summed E-state index contributed by atoms with van der Waals surface area (Å²) in [5.74, 6) is 2.03. The van der Waals surface area contributed by atoms with E-state index < -0.39 is 5.91 Å². The fraction of sp³-hybridized carbons (Fsp3) is 0.152. The first kappa shape index (κ1) is 30.2. The Morgan fingerprint density at radius 3 is 2.37 bits per heavy atom. The summed E-state index contributed by atoms with van der Waals surface area (Å²) >= 11 is 8.14. The number of furan rings is 1. The molecule has 0 radical (unpaired) electrons. The average Bonchev–Trinajstić information content (AvgIpc) is 3.62. The molecule has 0 atom stereocenters. The van der Waals surface area contributed by atoms with Crippen molar-refractivity contribution in [2.45, 2.75) is 27.1 Å². The molecule has 0 aliphatic rings. The van der Waals surface area contributed by atoms with Gasteiger partial charge < -0.3 is 23.2 Å². The molecule has 10 heteroatoms. The van der Waals surface area contributed by atoms with Crippen LogP contribution < -0.4 is 19.6 Å². The first-order valence-corrected chi connectivity index (χ1v) is 14.8. The number of carbonyl (C=O) groups excluding carboxylic acids is 1. The molecule has 1 N–H and O–H groups in total. The van der Waals surface area contributed by atoms with E-state index in [1.165, 1.54) is 17.6 Å². The molecule has 220 valence electrons. The molecule has 2 heterocycles. The summed E-state index contributed by atoms with van der Waals surface area (Å²) in [5, 5.41) is 4.75. The minimum absolute atomic E-state index is 0.128. The number of hydrogen-bond donors (Lipinski definition) is 1. The Morgan fingerprint density at radius 1 is 0.953 bits per heavy atom. The van der Waals surface area contributed by atoms with Gasteiger partial charge in [-0.25, -0.2) is 5.43 Å². The lowest BCUT2D eigenvalue weighted by atomic mass is 10.2. The number of hydrazone groups is 1. The van der Waals surface area contributed by atoms with Crippen LogP contribution in [0.5, 0.6) is 17.2 Å². The van der Waals surface area contributed by atoms with Gasteiger partial charge in [0.2, 0.25) is 0 Å². The van der Waals surface area contributed by atoms with Crippen molar-refractivity contribution in [3.8, 4) is 22.9 Å². The molecule has 0 fully saturated rings. The maximum atomic E-state index is 12.6. The molecule has 5 rings (SSSR count). The van der Waals surface area contributed by atoms with Crippen LogP contribution in [0.2, 0.25) is 5.02 Å². The smallest absolute Gasteiger partial charge is 0.307 e. The zero-order chi connectivity index (χ0) is 30.3. The lowest BCUT2D eigenvalue weighted by Gasteiger charge is -2.13. The van der Waals surface area contributed by atoms with Gasteiger partial charge >= 0.3 is 5.91 Å². The Kier molecular flexibility index (Phi) is 9.73. The fourth-order valence-corrected chi connectivity index (χ4v) is 5.32. The van der Waals surface area contributed by atoms with Crippen molar-refractivity contribution >= 4 is 46.3 Å². The van der Waals surface area contributed by atoms with Crippen molar-refractivity contribution < 1.29 is 23.4 Å². The first-order chi connectivity index (χ1) is 20.8. The molecule has 8 nitrogen and oxygen atoms in total. The van der Waals surface area contributed by atoms with E-state index in [9.17, 15) is 4.79 Å². The predicted octanol–water partition coefficient (Wildman–Crippen LogP) is 7.88. The molecule has 0 bridgehead atoms. The van der Waals surface area contributed by atoms with Gasteiger partial charge in [-0.15, -0.1) is 0 Å². The highest BCUT2D eigenvalue weighted by Gasteiger charge is 2.13. The van der Waals surface area contributed by atoms with E-state index >= 15 is 0 Å². The molecule has 0 aliphatic carbocycles. The van der Waals surface area contributed by atoms with Crippen molar-refractivity contribution in [2.24, 2.45) is 5.10 Å². The van der Waals surface area contributed by atoms with E-state index in [1.54, 1.807) is 25.3 Å². The quantitative estimate of drug-likeness (QED) is 0.0857. The number of aryl methyl sites for hydroxylation is 2. The van der Waals surface area contributed by atoms with Crippen molar-refractivity contribution in [1.82, 2.24) is 9.99 Å². The summed E-state index contributed by atoms with van der Waals surface area (Å²) in [7, 11) is 1.57. The third-order valence-corrected chi connectivity index (χ3v) is 7.61. The molecule has 0 saturated heterocycles. The van der Waals surface area contributed by atoms with Gasteiger partial charge in [0.05, 0.1) is 16.9 Å². The Labute approximate surface area is 268 Å². The first-order valence-electron chi connectivity index (χ1n) is 13.4. The Bertz CT molecular complexity index is 1720. The van der Waals surface area contributed by atoms with Crippen LogP contribution in [-0.4, -0.2) is 23.8 Å². The number of benzene rings is 3. The zero-order valence-corrected chi connectivity index (χ0v) is 26.7. The molecule has 0 saturated carbocycles. The van der Waals surface area contributed by atoms with Gasteiger partial charge in [-0.3, -0.25) is 4.79 Å². The molecule has 0 unspecified atom stereocenters. The van der Waals surface area contributed by atoms with Crippen LogP contribution in [0, 0.1) is 17.4 Å². The number of carbonyl (C=O) groups is 1. The maximum Gasteiger partial charge on any atom is 0.307 e. The summed E-state index contributed by atoms with van der Waals surface area (Å²) < 4.78 is 26.1. The third-order valence-electron chi connectivity index (χ3n) is 6.56. The second-order valence-corrected chi connectivity index (χ2v) is 11.2. The number of rotatable bonds is 11. The minimum Gasteiger partial charge on any atom is -0.493 e. The van der Waals surface area contributed by atoms with Crippen molar-refractivity contribution in [3.63, 3.8) is 0 Å². The van der Waals surface area contributed by atoms with Crippen LogP contribution in [0.3, 0.4) is 0 Å². The fourth-order valence-electron chi connectivity index (χ4n) is 4.41. The van der Waals surface area contributed by atoms with Gasteiger partial charge in [0.15, 0.2) is 17.3 Å². The minimum atomic E-state index is -0.478. The average molecular weight is 710 g/mol. The van der Waals surface area contributed by atoms with Crippen molar-refractivity contribution in [1.29, 1.82) is 0 Å². The number of methoxy groups -OCH3 is 1. The standard InChI is InChI=1S/C33H29ClIN3O5/c1-21-4-5-22(2)38(21)26-10-12-27(13-11-26)41-20-28-14-15-30(43-28)33(39)37-36-18-24-16-29(35)32(31(17-24)40-3)42-19-23-6-8-25(34)9-7-23/h4-18H,19-20H2,1-3H3,(H,37,39)/b36-18+. The maximum absolute atomic E-state index is 12.6. The number of halogens is 2. The Hall–Kier alpha value is -4.22. The molecule has 2 aromatic heterocycles. The van der Waals surface area contributed by atoms with Gasteiger partial charge in [-0.05, 0) is 120 Å². The molecule has 5 aromatic rings. The largest absolute Gasteiger partial charge is 0.493 e. The molecular formula is C33H29ClIN3O5. The van der Waals surface area contributed by atoms with Gasteiger partial charge in [-0.2, -0.15) is 5.10 Å². The van der Waals surface area contributed by atoms with E-state index in [0.29, 0.717) is 34.6 Å². The highest BCUT2D eigenvalue weighted by molar-refractivity contribution is 14.1. The van der Waals surface area contributed by atoms with Crippen LogP contribution in [0.4, 0.5) is 0 Å². The molecule has 0 aliphatic heterocycles. The van der Waals surface area contributed by atoms with E-state index in [4.69, 9.17) is 30.2 Å². The molecule has 3 aromatic carbocycles. The number of nitrogens with one attached hydrogen (secondary N) is 1. The highest BCUT2D eigenvalue weighted by atomic mass is 127. The lowest BCUT2D eigenvalue weighted by Crippen LogP contribution is -2.16. The molecule has 0 spiro atoms. The van der Waals surface area contributed by atoms with Crippen LogP contribution in [0.15, 0.2) is 94.4 Å². The summed E-state index contributed by atoms with van der Waals surface area (Å²) in [6, 6.07) is 26.4. The predicted molar refractivity (Wildman–Crippen MR) is 175 cm³/mol. The van der Waals surface area contributed by atoms with E-state index in [1.807, 2.05) is 54.6 Å². The highest BCUT2D eigenvalue weighted by Crippen LogP contribution is 2.34. The lowest BCUT2D eigenvalue weighted by molar-refractivity contribution is 0.0923. The van der Waals surface area contributed by atoms with Crippen LogP contribution in [-0.2, 0) is 13.2 Å². The third kappa shape index (κ3) is 7.60. The van der Waals surface area contributed by atoms with Crippen molar-refractivity contribution in [2.75, 3.05) is 7.11 Å². The van der Waals surface area contributed by atoms with Gasteiger partial charge in [-0.1, -0.05) is 23.7 Å². The Morgan fingerprint density at radius 2 is 1.67 bits per heavy atom. The van der Waals surface area contributed by atoms with E-state index in [2.05, 4.69) is 63.7 Å². The van der Waals surface area contributed by atoms with Gasteiger partial charge in [0.25, 0.3) is 0 Å². The van der Waals surface area contributed by atoms with Gasteiger partial charge in [0, 0.05) is 22.1 Å². The topological polar surface area (TPSA) is 87.2 Å². The number of nitrogens with zero attached hydrogens (tertiary/aromatic N) is 2. The number of ether oxygens (including phenoxy) is 3. The molecule has 43 heavy (non-hydrogen) atoms. The summed E-state index contributed by atoms with van der Waals surface area (Å²) in [5.41, 5.74) is 7.60. The second-order valence-electron chi connectivity index (χ2n) is 9.65. The number of amides is 1. The monoisotopic (exact) mass is 709 g/mol. The SMILES string of the molecule is COc1cc(/C=N/NC(=O)c2ccc(COc3ccc(-n4c(C)ccc4C)cc3)o2)cc(I)c1OCc1ccc(Cl)cc1. The van der Waals surface area contributed by atoms with Crippen LogP contribution >= 0.6 is 34.2 Å². The number of hydrogen-bond acceptors (Lipinski definition) is 6. The molecule has 1 amide bonds. The normalized spacial score (nSPS) is 11.1. The van der Waals surface area contributed by atoms with Crippen molar-refractivity contribution in [3.05, 3.63) is 128 Å². The van der Waals surface area contributed by atoms with E-state index in [0.717, 1.165) is 20.4 Å². The molecular weight excluding hydrogens is 681 g/mol.